The van der Waals surface area contributed by atoms with E-state index in [-0.39, 0.29) is 5.91 Å². The molecule has 0 spiro atoms. The lowest BCUT2D eigenvalue weighted by Crippen LogP contribution is -2.47. The Bertz CT molecular complexity index is 598. The number of benzene rings is 1. The Morgan fingerprint density at radius 3 is 2.80 bits per heavy atom. The van der Waals surface area contributed by atoms with Gasteiger partial charge in [0.15, 0.2) is 0 Å². The Balaban J connectivity index is 1.78. The van der Waals surface area contributed by atoms with Crippen molar-refractivity contribution in [1.82, 2.24) is 9.88 Å². The summed E-state index contributed by atoms with van der Waals surface area (Å²) < 4.78 is 2.02. The van der Waals surface area contributed by atoms with Crippen LogP contribution in [0.5, 0.6) is 0 Å². The molecule has 1 aliphatic heterocycles. The third-order valence-corrected chi connectivity index (χ3v) is 3.88. The molecule has 4 nitrogen and oxygen atoms in total. The molecular weight excluding hydrogens is 250 g/mol. The third-order valence-electron chi connectivity index (χ3n) is 3.88. The molecule has 1 fully saturated rings. The van der Waals surface area contributed by atoms with Crippen LogP contribution in [0.4, 0.5) is 5.69 Å². The van der Waals surface area contributed by atoms with Gasteiger partial charge in [-0.2, -0.15) is 0 Å². The van der Waals surface area contributed by atoms with Gasteiger partial charge in [-0.1, -0.05) is 6.07 Å². The molecule has 1 aromatic carbocycles. The van der Waals surface area contributed by atoms with Crippen LogP contribution in [0, 0.1) is 0 Å². The van der Waals surface area contributed by atoms with E-state index in [1.165, 1.54) is 0 Å². The average Bonchev–Trinajstić information content (AvgIpc) is 3.11. The number of amides is 1. The van der Waals surface area contributed by atoms with Gasteiger partial charge >= 0.3 is 0 Å². The molecule has 20 heavy (non-hydrogen) atoms. The largest absolute Gasteiger partial charge is 0.324 e. The van der Waals surface area contributed by atoms with Gasteiger partial charge in [0, 0.05) is 23.8 Å². The van der Waals surface area contributed by atoms with E-state index in [2.05, 4.69) is 10.6 Å². The molecule has 2 N–H and O–H groups in total. The summed E-state index contributed by atoms with van der Waals surface area (Å²) in [6.45, 7) is 2.87. The van der Waals surface area contributed by atoms with Gasteiger partial charge in [0.1, 0.15) is 0 Å². The molecule has 4 heteroatoms. The van der Waals surface area contributed by atoms with Gasteiger partial charge in [-0.25, -0.2) is 0 Å². The summed E-state index contributed by atoms with van der Waals surface area (Å²) in [6.07, 6.45) is 5.91. The van der Waals surface area contributed by atoms with E-state index in [1.807, 2.05) is 60.3 Å². The summed E-state index contributed by atoms with van der Waals surface area (Å²) in [7, 11) is 0. The van der Waals surface area contributed by atoms with Crippen molar-refractivity contribution in [3.05, 3.63) is 48.8 Å². The van der Waals surface area contributed by atoms with Crippen LogP contribution in [0.2, 0.25) is 0 Å². The van der Waals surface area contributed by atoms with Crippen molar-refractivity contribution in [2.24, 2.45) is 0 Å². The predicted octanol–water partition coefficient (Wildman–Crippen LogP) is 2.56. The van der Waals surface area contributed by atoms with Crippen LogP contribution in [0.25, 0.3) is 5.69 Å². The zero-order valence-electron chi connectivity index (χ0n) is 11.6. The number of carbonyl (C=O) groups excluding carboxylic acids is 1. The van der Waals surface area contributed by atoms with E-state index >= 15 is 0 Å². The number of anilines is 1. The highest BCUT2D eigenvalue weighted by atomic mass is 16.2. The Morgan fingerprint density at radius 2 is 2.10 bits per heavy atom. The van der Waals surface area contributed by atoms with Crippen molar-refractivity contribution < 1.29 is 4.79 Å². The Labute approximate surface area is 118 Å². The first kappa shape index (κ1) is 12.9. The zero-order valence-corrected chi connectivity index (χ0v) is 11.6. The van der Waals surface area contributed by atoms with E-state index < -0.39 is 5.54 Å². The molecule has 104 valence electrons. The van der Waals surface area contributed by atoms with Crippen molar-refractivity contribution in [2.45, 2.75) is 25.3 Å². The summed E-state index contributed by atoms with van der Waals surface area (Å²) in [6, 6.07) is 11.8. The Hall–Kier alpha value is -2.07. The van der Waals surface area contributed by atoms with E-state index in [0.29, 0.717) is 0 Å². The first-order valence-corrected chi connectivity index (χ1v) is 6.97. The number of rotatable bonds is 3. The SMILES string of the molecule is CC1(C(=O)Nc2cccc(-n3cccc3)c2)CCCN1. The van der Waals surface area contributed by atoms with E-state index in [4.69, 9.17) is 0 Å². The summed E-state index contributed by atoms with van der Waals surface area (Å²) in [5.74, 6) is 0.0413. The minimum Gasteiger partial charge on any atom is -0.324 e. The molecule has 0 bridgehead atoms. The van der Waals surface area contributed by atoms with Crippen LogP contribution in [0.3, 0.4) is 0 Å². The van der Waals surface area contributed by atoms with Gasteiger partial charge in [-0.15, -0.1) is 0 Å². The lowest BCUT2D eigenvalue weighted by Gasteiger charge is -2.23. The maximum absolute atomic E-state index is 12.4. The second-order valence-electron chi connectivity index (χ2n) is 5.46. The minimum absolute atomic E-state index is 0.0413. The summed E-state index contributed by atoms with van der Waals surface area (Å²) in [4.78, 5) is 12.4. The first-order chi connectivity index (χ1) is 9.67. The van der Waals surface area contributed by atoms with Gasteiger partial charge in [0.05, 0.1) is 5.54 Å². The molecule has 0 aliphatic carbocycles. The van der Waals surface area contributed by atoms with Crippen LogP contribution < -0.4 is 10.6 Å². The van der Waals surface area contributed by atoms with Crippen molar-refractivity contribution >= 4 is 11.6 Å². The van der Waals surface area contributed by atoms with Crippen molar-refractivity contribution in [3.63, 3.8) is 0 Å². The van der Waals surface area contributed by atoms with Crippen LogP contribution in [-0.2, 0) is 4.79 Å². The summed E-state index contributed by atoms with van der Waals surface area (Å²) >= 11 is 0. The van der Waals surface area contributed by atoms with Gasteiger partial charge in [0.25, 0.3) is 0 Å². The second kappa shape index (κ2) is 5.13. The molecule has 1 amide bonds. The zero-order chi connectivity index (χ0) is 14.0. The standard InChI is InChI=1S/C16H19N3O/c1-16(8-5-9-17-16)15(20)18-13-6-4-7-14(12-13)19-10-2-3-11-19/h2-4,6-7,10-12,17H,5,8-9H2,1H3,(H,18,20). The van der Waals surface area contributed by atoms with Crippen LogP contribution >= 0.6 is 0 Å². The van der Waals surface area contributed by atoms with Crippen molar-refractivity contribution in [1.29, 1.82) is 0 Å². The predicted molar refractivity (Wildman–Crippen MR) is 80.0 cm³/mol. The number of aromatic nitrogens is 1. The maximum atomic E-state index is 12.4. The highest BCUT2D eigenvalue weighted by Crippen LogP contribution is 2.22. The molecule has 1 unspecified atom stereocenters. The van der Waals surface area contributed by atoms with E-state index in [9.17, 15) is 4.79 Å². The summed E-state index contributed by atoms with van der Waals surface area (Å²) in [5, 5.41) is 6.29. The molecule has 1 saturated heterocycles. The molecule has 2 aromatic rings. The molecule has 0 radical (unpaired) electrons. The average molecular weight is 269 g/mol. The summed E-state index contributed by atoms with van der Waals surface area (Å²) in [5.41, 5.74) is 1.43. The Kier molecular flexibility index (Phi) is 3.32. The molecule has 0 saturated carbocycles. The lowest BCUT2D eigenvalue weighted by atomic mass is 9.99. The minimum atomic E-state index is -0.441. The van der Waals surface area contributed by atoms with Crippen LogP contribution in [0.1, 0.15) is 19.8 Å². The highest BCUT2D eigenvalue weighted by molar-refractivity contribution is 5.98. The van der Waals surface area contributed by atoms with Gasteiger partial charge in [-0.3, -0.25) is 4.79 Å². The number of hydrogen-bond acceptors (Lipinski definition) is 2. The fourth-order valence-electron chi connectivity index (χ4n) is 2.61. The topological polar surface area (TPSA) is 46.1 Å². The molecule has 3 rings (SSSR count). The number of nitrogens with one attached hydrogen (secondary N) is 2. The van der Waals surface area contributed by atoms with Crippen LogP contribution in [-0.4, -0.2) is 22.6 Å². The quantitative estimate of drug-likeness (QED) is 0.899. The lowest BCUT2D eigenvalue weighted by molar-refractivity contribution is -0.121. The van der Waals surface area contributed by atoms with Crippen LogP contribution in [0.15, 0.2) is 48.8 Å². The molecule has 1 aliphatic rings. The smallest absolute Gasteiger partial charge is 0.244 e. The first-order valence-electron chi connectivity index (χ1n) is 6.97. The molecule has 2 heterocycles. The van der Waals surface area contributed by atoms with Gasteiger partial charge in [-0.05, 0) is 56.6 Å². The molecule has 1 atom stereocenters. The van der Waals surface area contributed by atoms with Gasteiger partial charge < -0.3 is 15.2 Å². The number of hydrogen-bond donors (Lipinski definition) is 2. The number of carbonyl (C=O) groups is 1. The maximum Gasteiger partial charge on any atom is 0.244 e. The molecule has 1 aromatic heterocycles. The highest BCUT2D eigenvalue weighted by Gasteiger charge is 2.35. The monoisotopic (exact) mass is 269 g/mol. The van der Waals surface area contributed by atoms with E-state index in [0.717, 1.165) is 30.8 Å². The molecular formula is C16H19N3O. The third kappa shape index (κ3) is 2.47. The van der Waals surface area contributed by atoms with Gasteiger partial charge in [0.2, 0.25) is 5.91 Å². The second-order valence-corrected chi connectivity index (χ2v) is 5.46. The number of nitrogens with zero attached hydrogens (tertiary/aromatic N) is 1. The van der Waals surface area contributed by atoms with Crippen molar-refractivity contribution in [3.8, 4) is 5.69 Å². The Morgan fingerprint density at radius 1 is 1.30 bits per heavy atom. The normalized spacial score (nSPS) is 21.9. The van der Waals surface area contributed by atoms with Crippen molar-refractivity contribution in [2.75, 3.05) is 11.9 Å². The fourth-order valence-corrected chi connectivity index (χ4v) is 2.61. The van der Waals surface area contributed by atoms with E-state index in [1.54, 1.807) is 0 Å². The fraction of sp³-hybridized carbons (Fsp3) is 0.312.